The second-order valence-electron chi connectivity index (χ2n) is 3.38. The number of nitrogen functional groups attached to an aromatic ring is 1. The average Bonchev–Trinajstić information content (AvgIpc) is 2.70. The van der Waals surface area contributed by atoms with Gasteiger partial charge in [-0.2, -0.15) is 5.10 Å². The first kappa shape index (κ1) is 10.5. The summed E-state index contributed by atoms with van der Waals surface area (Å²) in [5.74, 6) is 1.23. The van der Waals surface area contributed by atoms with Gasteiger partial charge in [-0.3, -0.25) is 0 Å². The lowest BCUT2D eigenvalue weighted by Gasteiger charge is -2.07. The molecule has 2 rings (SSSR count). The Morgan fingerprint density at radius 2 is 2.19 bits per heavy atom. The summed E-state index contributed by atoms with van der Waals surface area (Å²) in [7, 11) is 1.63. The number of anilines is 1. The van der Waals surface area contributed by atoms with Crippen molar-refractivity contribution in [3.05, 3.63) is 36.0 Å². The molecule has 1 heterocycles. The maximum Gasteiger partial charge on any atom is 0.146 e. The van der Waals surface area contributed by atoms with Gasteiger partial charge in [0.15, 0.2) is 0 Å². The molecule has 5 nitrogen and oxygen atoms in total. The zero-order valence-corrected chi connectivity index (χ0v) is 9.05. The van der Waals surface area contributed by atoms with Crippen LogP contribution in [-0.4, -0.2) is 16.9 Å². The Labute approximate surface area is 93.6 Å². The summed E-state index contributed by atoms with van der Waals surface area (Å²) in [5.41, 5.74) is 13.0. The number of nitrogens with two attached hydrogens (primary N) is 2. The molecule has 0 bridgehead atoms. The summed E-state index contributed by atoms with van der Waals surface area (Å²) in [5, 5.41) is 4.19. The number of methoxy groups -OCH3 is 1. The highest BCUT2D eigenvalue weighted by atomic mass is 16.5. The van der Waals surface area contributed by atoms with Crippen molar-refractivity contribution >= 4 is 5.82 Å². The molecule has 0 fully saturated rings. The van der Waals surface area contributed by atoms with Crippen LogP contribution in [0.15, 0.2) is 30.3 Å². The molecular formula is C11H14N4O. The molecule has 5 heteroatoms. The fraction of sp³-hybridized carbons (Fsp3) is 0.182. The van der Waals surface area contributed by atoms with Gasteiger partial charge in [0.05, 0.1) is 18.5 Å². The Morgan fingerprint density at radius 1 is 1.38 bits per heavy atom. The minimum Gasteiger partial charge on any atom is -0.497 e. The number of rotatable bonds is 3. The number of ether oxygens (including phenoxy) is 1. The third-order valence-electron chi connectivity index (χ3n) is 2.31. The molecular weight excluding hydrogens is 204 g/mol. The minimum atomic E-state index is 0.390. The van der Waals surface area contributed by atoms with Gasteiger partial charge < -0.3 is 16.2 Å². The van der Waals surface area contributed by atoms with E-state index in [0.29, 0.717) is 12.4 Å². The van der Waals surface area contributed by atoms with E-state index in [1.54, 1.807) is 17.9 Å². The fourth-order valence-electron chi connectivity index (χ4n) is 1.55. The second-order valence-corrected chi connectivity index (χ2v) is 3.38. The minimum absolute atomic E-state index is 0.390. The number of benzene rings is 1. The monoisotopic (exact) mass is 218 g/mol. The molecule has 0 aliphatic carbocycles. The van der Waals surface area contributed by atoms with Crippen molar-refractivity contribution < 1.29 is 4.74 Å². The van der Waals surface area contributed by atoms with Crippen molar-refractivity contribution in [3.8, 4) is 11.4 Å². The first-order chi connectivity index (χ1) is 7.74. The van der Waals surface area contributed by atoms with Gasteiger partial charge in [0.25, 0.3) is 0 Å². The molecule has 0 aliphatic heterocycles. The van der Waals surface area contributed by atoms with Crippen LogP contribution in [0.1, 0.15) is 5.69 Å². The van der Waals surface area contributed by atoms with E-state index in [0.717, 1.165) is 17.1 Å². The molecule has 0 spiro atoms. The van der Waals surface area contributed by atoms with Crippen LogP contribution in [0.2, 0.25) is 0 Å². The van der Waals surface area contributed by atoms with E-state index in [-0.39, 0.29) is 0 Å². The summed E-state index contributed by atoms with van der Waals surface area (Å²) in [4.78, 5) is 0. The van der Waals surface area contributed by atoms with Crippen LogP contribution in [0.5, 0.6) is 5.75 Å². The standard InChI is InChI=1S/C11H14N4O/c1-16-10-4-2-3-8(5-10)15-9(7-12)6-11(13)14-15/h2-6H,7,12H2,1H3,(H2,13,14). The van der Waals surface area contributed by atoms with Crippen molar-refractivity contribution in [1.82, 2.24) is 9.78 Å². The maximum absolute atomic E-state index is 5.64. The van der Waals surface area contributed by atoms with Gasteiger partial charge in [-0.1, -0.05) is 6.07 Å². The van der Waals surface area contributed by atoms with E-state index in [4.69, 9.17) is 16.2 Å². The molecule has 0 saturated carbocycles. The van der Waals surface area contributed by atoms with E-state index in [2.05, 4.69) is 5.10 Å². The Balaban J connectivity index is 2.48. The number of hydrogen-bond acceptors (Lipinski definition) is 4. The Morgan fingerprint density at radius 3 is 2.88 bits per heavy atom. The molecule has 84 valence electrons. The first-order valence-electron chi connectivity index (χ1n) is 4.93. The third kappa shape index (κ3) is 1.85. The van der Waals surface area contributed by atoms with Gasteiger partial charge in [-0.05, 0) is 12.1 Å². The topological polar surface area (TPSA) is 79.1 Å². The van der Waals surface area contributed by atoms with E-state index >= 15 is 0 Å². The predicted octanol–water partition coefficient (Wildman–Crippen LogP) is 0.922. The number of aromatic nitrogens is 2. The third-order valence-corrected chi connectivity index (χ3v) is 2.31. The molecule has 1 aromatic carbocycles. The largest absolute Gasteiger partial charge is 0.497 e. The highest BCUT2D eigenvalue weighted by Gasteiger charge is 2.06. The van der Waals surface area contributed by atoms with Gasteiger partial charge in [-0.25, -0.2) is 4.68 Å². The fourth-order valence-corrected chi connectivity index (χ4v) is 1.55. The normalized spacial score (nSPS) is 10.4. The maximum atomic E-state index is 5.64. The van der Waals surface area contributed by atoms with Crippen LogP contribution < -0.4 is 16.2 Å². The lowest BCUT2D eigenvalue weighted by atomic mass is 10.3. The van der Waals surface area contributed by atoms with Gasteiger partial charge in [0.1, 0.15) is 11.6 Å². The summed E-state index contributed by atoms with van der Waals surface area (Å²) in [6.45, 7) is 0.390. The van der Waals surface area contributed by atoms with Gasteiger partial charge in [-0.15, -0.1) is 0 Å². The summed E-state index contributed by atoms with van der Waals surface area (Å²) in [6.07, 6.45) is 0. The molecule has 1 aromatic heterocycles. The van der Waals surface area contributed by atoms with Crippen molar-refractivity contribution in [3.63, 3.8) is 0 Å². The molecule has 0 saturated heterocycles. The molecule has 0 unspecified atom stereocenters. The van der Waals surface area contributed by atoms with Crippen molar-refractivity contribution in [2.24, 2.45) is 5.73 Å². The van der Waals surface area contributed by atoms with Gasteiger partial charge >= 0.3 is 0 Å². The number of hydrogen-bond donors (Lipinski definition) is 2. The van der Waals surface area contributed by atoms with E-state index < -0.39 is 0 Å². The SMILES string of the molecule is COc1cccc(-n2nc(N)cc2CN)c1. The Bertz CT molecular complexity index is 492. The highest BCUT2D eigenvalue weighted by molar-refractivity contribution is 5.42. The smallest absolute Gasteiger partial charge is 0.146 e. The average molecular weight is 218 g/mol. The van der Waals surface area contributed by atoms with Gasteiger partial charge in [0.2, 0.25) is 0 Å². The summed E-state index contributed by atoms with van der Waals surface area (Å²) in [6, 6.07) is 9.34. The van der Waals surface area contributed by atoms with Crippen LogP contribution in [0.4, 0.5) is 5.82 Å². The Hall–Kier alpha value is -2.01. The summed E-state index contributed by atoms with van der Waals surface area (Å²) >= 11 is 0. The highest BCUT2D eigenvalue weighted by Crippen LogP contribution is 2.18. The molecule has 4 N–H and O–H groups in total. The van der Waals surface area contributed by atoms with Crippen molar-refractivity contribution in [1.29, 1.82) is 0 Å². The molecule has 16 heavy (non-hydrogen) atoms. The zero-order valence-electron chi connectivity index (χ0n) is 9.05. The molecule has 0 amide bonds. The number of nitrogens with zero attached hydrogens (tertiary/aromatic N) is 2. The predicted molar refractivity (Wildman–Crippen MR) is 62.4 cm³/mol. The molecule has 2 aromatic rings. The quantitative estimate of drug-likeness (QED) is 0.803. The van der Waals surface area contributed by atoms with Crippen molar-refractivity contribution in [2.45, 2.75) is 6.54 Å². The zero-order chi connectivity index (χ0) is 11.5. The van der Waals surface area contributed by atoms with Gasteiger partial charge in [0, 0.05) is 18.7 Å². The van der Waals surface area contributed by atoms with Crippen LogP contribution in [0.3, 0.4) is 0 Å². The van der Waals surface area contributed by atoms with Crippen LogP contribution in [0.25, 0.3) is 5.69 Å². The lowest BCUT2D eigenvalue weighted by molar-refractivity contribution is 0.414. The van der Waals surface area contributed by atoms with E-state index in [1.807, 2.05) is 24.3 Å². The molecule has 0 atom stereocenters. The second kappa shape index (κ2) is 4.24. The van der Waals surface area contributed by atoms with E-state index in [9.17, 15) is 0 Å². The van der Waals surface area contributed by atoms with Crippen LogP contribution in [0, 0.1) is 0 Å². The molecule has 0 radical (unpaired) electrons. The van der Waals surface area contributed by atoms with E-state index in [1.165, 1.54) is 0 Å². The lowest BCUT2D eigenvalue weighted by Crippen LogP contribution is -2.06. The summed E-state index contributed by atoms with van der Waals surface area (Å²) < 4.78 is 6.87. The Kier molecular flexibility index (Phi) is 2.78. The van der Waals surface area contributed by atoms with Crippen LogP contribution >= 0.6 is 0 Å². The molecule has 0 aliphatic rings. The van der Waals surface area contributed by atoms with Crippen LogP contribution in [-0.2, 0) is 6.54 Å². The first-order valence-corrected chi connectivity index (χ1v) is 4.93. The van der Waals surface area contributed by atoms with Crippen molar-refractivity contribution in [2.75, 3.05) is 12.8 Å².